The van der Waals surface area contributed by atoms with Gasteiger partial charge in [-0.25, -0.2) is 4.39 Å². The third-order valence-electron chi connectivity index (χ3n) is 3.24. The van der Waals surface area contributed by atoms with Crippen LogP contribution in [0.3, 0.4) is 0 Å². The van der Waals surface area contributed by atoms with Crippen LogP contribution in [0.1, 0.15) is 16.8 Å². The molecule has 1 atom stereocenters. The predicted octanol–water partition coefficient (Wildman–Crippen LogP) is 2.27. The van der Waals surface area contributed by atoms with E-state index < -0.39 is 5.82 Å². The zero-order valence-electron chi connectivity index (χ0n) is 10.2. The van der Waals surface area contributed by atoms with E-state index >= 15 is 0 Å². The number of amides is 1. The van der Waals surface area contributed by atoms with Crippen molar-refractivity contribution in [3.05, 3.63) is 34.1 Å². The number of hydrogen-bond acceptors (Lipinski definition) is 2. The maximum absolute atomic E-state index is 13.7. The molecule has 1 saturated heterocycles. The molecule has 0 aliphatic carbocycles. The molecule has 1 heterocycles. The Balaban J connectivity index is 2.13. The van der Waals surface area contributed by atoms with Crippen molar-refractivity contribution in [1.29, 1.82) is 0 Å². The average molecular weight is 315 g/mol. The van der Waals surface area contributed by atoms with Crippen molar-refractivity contribution in [2.45, 2.75) is 6.42 Å². The lowest BCUT2D eigenvalue weighted by molar-refractivity contribution is 0.0781. The third-order valence-corrected chi connectivity index (χ3v) is 3.90. The van der Waals surface area contributed by atoms with Crippen LogP contribution in [-0.2, 0) is 0 Å². The van der Waals surface area contributed by atoms with E-state index in [9.17, 15) is 9.18 Å². The molecule has 1 aliphatic heterocycles. The zero-order valence-corrected chi connectivity index (χ0v) is 11.8. The molecule has 0 aromatic heterocycles. The van der Waals surface area contributed by atoms with E-state index in [1.54, 1.807) is 17.0 Å². The van der Waals surface area contributed by atoms with E-state index in [1.165, 1.54) is 6.07 Å². The van der Waals surface area contributed by atoms with E-state index in [-0.39, 0.29) is 11.5 Å². The first-order valence-electron chi connectivity index (χ1n) is 6.01. The van der Waals surface area contributed by atoms with Gasteiger partial charge in [0.05, 0.1) is 5.56 Å². The average Bonchev–Trinajstić information content (AvgIpc) is 2.78. The molecule has 2 rings (SSSR count). The van der Waals surface area contributed by atoms with Crippen LogP contribution >= 0.6 is 15.9 Å². The molecule has 3 nitrogen and oxygen atoms in total. The summed E-state index contributed by atoms with van der Waals surface area (Å²) in [7, 11) is 1.90. The van der Waals surface area contributed by atoms with Crippen molar-refractivity contribution in [1.82, 2.24) is 10.2 Å². The van der Waals surface area contributed by atoms with E-state index in [4.69, 9.17) is 0 Å². The monoisotopic (exact) mass is 314 g/mol. The van der Waals surface area contributed by atoms with Crippen molar-refractivity contribution >= 4 is 21.8 Å². The largest absolute Gasteiger partial charge is 0.338 e. The number of nitrogens with zero attached hydrogens (tertiary/aromatic N) is 1. The molecular weight excluding hydrogens is 299 g/mol. The minimum Gasteiger partial charge on any atom is -0.338 e. The maximum atomic E-state index is 13.7. The number of carbonyl (C=O) groups is 1. The standard InChI is InChI=1S/C13H16BrFN2O/c1-16-7-9-5-6-17(8-9)13(18)12-10(14)3-2-4-11(12)15/h2-4,9,16H,5-8H2,1H3/t9-/m0/s1. The van der Waals surface area contributed by atoms with Crippen molar-refractivity contribution in [3.63, 3.8) is 0 Å². The molecule has 0 spiro atoms. The van der Waals surface area contributed by atoms with Gasteiger partial charge in [0.25, 0.3) is 5.91 Å². The summed E-state index contributed by atoms with van der Waals surface area (Å²) in [6, 6.07) is 4.60. The molecule has 0 saturated carbocycles. The number of likely N-dealkylation sites (tertiary alicyclic amines) is 1. The smallest absolute Gasteiger partial charge is 0.257 e. The van der Waals surface area contributed by atoms with Gasteiger partial charge in [-0.2, -0.15) is 0 Å². The number of hydrogen-bond donors (Lipinski definition) is 1. The summed E-state index contributed by atoms with van der Waals surface area (Å²) < 4.78 is 14.2. The maximum Gasteiger partial charge on any atom is 0.257 e. The fourth-order valence-corrected chi connectivity index (χ4v) is 2.84. The van der Waals surface area contributed by atoms with Crippen molar-refractivity contribution < 1.29 is 9.18 Å². The molecule has 0 unspecified atom stereocenters. The van der Waals surface area contributed by atoms with Crippen LogP contribution in [0.15, 0.2) is 22.7 Å². The van der Waals surface area contributed by atoms with Crippen LogP contribution in [0.5, 0.6) is 0 Å². The van der Waals surface area contributed by atoms with Gasteiger partial charge in [0.2, 0.25) is 0 Å². The van der Waals surface area contributed by atoms with E-state index in [0.29, 0.717) is 23.5 Å². The molecule has 1 aromatic carbocycles. The summed E-state index contributed by atoms with van der Waals surface area (Å²) in [6.07, 6.45) is 0.971. The van der Waals surface area contributed by atoms with E-state index in [2.05, 4.69) is 21.2 Å². The molecule has 0 radical (unpaired) electrons. The Bertz CT molecular complexity index is 432. The van der Waals surface area contributed by atoms with Crippen LogP contribution in [0.2, 0.25) is 0 Å². The SMILES string of the molecule is CNC[C@@H]1CCN(C(=O)c2c(F)cccc2Br)C1. The Labute approximate surface area is 114 Å². The predicted molar refractivity (Wildman–Crippen MR) is 72.0 cm³/mol. The molecule has 1 fully saturated rings. The summed E-state index contributed by atoms with van der Waals surface area (Å²) in [5.74, 6) is -0.227. The summed E-state index contributed by atoms with van der Waals surface area (Å²) in [5, 5.41) is 3.11. The van der Waals surface area contributed by atoms with Gasteiger partial charge in [0.1, 0.15) is 5.82 Å². The highest BCUT2D eigenvalue weighted by atomic mass is 79.9. The van der Waals surface area contributed by atoms with Crippen LogP contribution in [0.4, 0.5) is 4.39 Å². The molecular formula is C13H16BrFN2O. The number of rotatable bonds is 3. The summed E-state index contributed by atoms with van der Waals surface area (Å²) in [4.78, 5) is 14.0. The highest BCUT2D eigenvalue weighted by Gasteiger charge is 2.28. The van der Waals surface area contributed by atoms with Gasteiger partial charge < -0.3 is 10.2 Å². The number of benzene rings is 1. The second kappa shape index (κ2) is 5.80. The lowest BCUT2D eigenvalue weighted by atomic mass is 10.1. The quantitative estimate of drug-likeness (QED) is 0.928. The second-order valence-corrected chi connectivity index (χ2v) is 5.41. The third kappa shape index (κ3) is 2.72. The van der Waals surface area contributed by atoms with Gasteiger partial charge in [0.15, 0.2) is 0 Å². The Hall–Kier alpha value is -0.940. The van der Waals surface area contributed by atoms with Crippen LogP contribution in [0, 0.1) is 11.7 Å². The van der Waals surface area contributed by atoms with Gasteiger partial charge in [-0.3, -0.25) is 4.79 Å². The molecule has 1 aromatic rings. The van der Waals surface area contributed by atoms with Gasteiger partial charge in [-0.15, -0.1) is 0 Å². The van der Waals surface area contributed by atoms with Crippen LogP contribution in [0.25, 0.3) is 0 Å². The van der Waals surface area contributed by atoms with Crippen molar-refractivity contribution in [2.24, 2.45) is 5.92 Å². The van der Waals surface area contributed by atoms with Crippen molar-refractivity contribution in [2.75, 3.05) is 26.7 Å². The van der Waals surface area contributed by atoms with Crippen LogP contribution in [-0.4, -0.2) is 37.5 Å². The number of carbonyl (C=O) groups excluding carboxylic acids is 1. The van der Waals surface area contributed by atoms with Gasteiger partial charge in [0, 0.05) is 17.6 Å². The highest BCUT2D eigenvalue weighted by molar-refractivity contribution is 9.10. The molecule has 1 N–H and O–H groups in total. The minimum atomic E-state index is -0.466. The summed E-state index contributed by atoms with van der Waals surface area (Å²) in [6.45, 7) is 2.29. The number of halogens is 2. The normalized spacial score (nSPS) is 19.3. The Morgan fingerprint density at radius 3 is 3.06 bits per heavy atom. The Kier molecular flexibility index (Phi) is 4.35. The summed E-state index contributed by atoms with van der Waals surface area (Å²) >= 11 is 3.24. The molecule has 18 heavy (non-hydrogen) atoms. The van der Waals surface area contributed by atoms with Crippen LogP contribution < -0.4 is 5.32 Å². The lowest BCUT2D eigenvalue weighted by Crippen LogP contribution is -2.31. The fraction of sp³-hybridized carbons (Fsp3) is 0.462. The zero-order chi connectivity index (χ0) is 13.1. The fourth-order valence-electron chi connectivity index (χ4n) is 2.33. The molecule has 1 amide bonds. The second-order valence-electron chi connectivity index (χ2n) is 4.56. The van der Waals surface area contributed by atoms with Crippen molar-refractivity contribution in [3.8, 4) is 0 Å². The first kappa shape index (κ1) is 13.5. The van der Waals surface area contributed by atoms with Gasteiger partial charge >= 0.3 is 0 Å². The lowest BCUT2D eigenvalue weighted by Gasteiger charge is -2.17. The molecule has 0 bridgehead atoms. The van der Waals surface area contributed by atoms with Gasteiger partial charge in [-0.1, -0.05) is 6.07 Å². The number of nitrogens with one attached hydrogen (secondary N) is 1. The first-order valence-corrected chi connectivity index (χ1v) is 6.80. The van der Waals surface area contributed by atoms with E-state index in [1.807, 2.05) is 7.05 Å². The Morgan fingerprint density at radius 1 is 1.61 bits per heavy atom. The molecule has 5 heteroatoms. The minimum absolute atomic E-state index is 0.141. The highest BCUT2D eigenvalue weighted by Crippen LogP contribution is 2.24. The Morgan fingerprint density at radius 2 is 2.39 bits per heavy atom. The first-order chi connectivity index (χ1) is 8.63. The van der Waals surface area contributed by atoms with Gasteiger partial charge in [-0.05, 0) is 54.0 Å². The van der Waals surface area contributed by atoms with E-state index in [0.717, 1.165) is 13.0 Å². The summed E-state index contributed by atoms with van der Waals surface area (Å²) in [5.41, 5.74) is 0.141. The molecule has 1 aliphatic rings. The topological polar surface area (TPSA) is 32.3 Å². The molecule has 98 valence electrons.